The minimum absolute atomic E-state index is 0.0212. The van der Waals surface area contributed by atoms with Gasteiger partial charge in [0.25, 0.3) is 0 Å². The Balaban J connectivity index is 1.29. The molecule has 1 aliphatic carbocycles. The minimum Gasteiger partial charge on any atom is -0.489 e. The lowest BCUT2D eigenvalue weighted by molar-refractivity contribution is -0.137. The molecule has 3 nitrogen and oxygen atoms in total. The molecule has 6 heteroatoms. The summed E-state index contributed by atoms with van der Waals surface area (Å²) in [6.07, 6.45) is 0.297. The van der Waals surface area contributed by atoms with Crippen molar-refractivity contribution in [2.45, 2.75) is 57.0 Å². The Labute approximate surface area is 168 Å². The van der Waals surface area contributed by atoms with Crippen LogP contribution >= 0.6 is 0 Å². The third-order valence-electron chi connectivity index (χ3n) is 5.95. The second-order valence-electron chi connectivity index (χ2n) is 8.01. The highest BCUT2D eigenvalue weighted by Gasteiger charge is 2.42. The van der Waals surface area contributed by atoms with Crippen LogP contribution in [0.25, 0.3) is 0 Å². The van der Waals surface area contributed by atoms with Gasteiger partial charge in [-0.1, -0.05) is 24.3 Å². The van der Waals surface area contributed by atoms with E-state index in [0.29, 0.717) is 36.1 Å². The molecule has 0 amide bonds. The van der Waals surface area contributed by atoms with Gasteiger partial charge in [0.1, 0.15) is 18.1 Å². The van der Waals surface area contributed by atoms with Crippen molar-refractivity contribution >= 4 is 5.78 Å². The van der Waals surface area contributed by atoms with Gasteiger partial charge in [-0.3, -0.25) is 4.79 Å². The fraction of sp³-hybridized carbons (Fsp3) is 0.435. The summed E-state index contributed by atoms with van der Waals surface area (Å²) in [6.45, 7) is 0.190. The van der Waals surface area contributed by atoms with Crippen molar-refractivity contribution in [3.63, 3.8) is 0 Å². The van der Waals surface area contributed by atoms with E-state index in [2.05, 4.69) is 5.32 Å². The Hall–Kier alpha value is -2.34. The highest BCUT2D eigenvalue weighted by molar-refractivity contribution is 5.85. The number of piperidine rings is 1. The molecule has 29 heavy (non-hydrogen) atoms. The maximum atomic E-state index is 12.6. The molecule has 0 spiro atoms. The van der Waals surface area contributed by atoms with Gasteiger partial charge in [0.2, 0.25) is 0 Å². The monoisotopic (exact) mass is 403 g/mol. The molecule has 2 bridgehead atoms. The van der Waals surface area contributed by atoms with Crippen LogP contribution in [0.5, 0.6) is 5.75 Å². The summed E-state index contributed by atoms with van der Waals surface area (Å²) >= 11 is 0. The summed E-state index contributed by atoms with van der Waals surface area (Å²) in [4.78, 5) is 12.5. The summed E-state index contributed by atoms with van der Waals surface area (Å²) < 4.78 is 43.6. The zero-order valence-electron chi connectivity index (χ0n) is 16.0. The number of fused-ring (bicyclic) bond motifs is 2. The average Bonchev–Trinajstić information content (AvgIpc) is 3.34. The first-order chi connectivity index (χ1) is 13.9. The van der Waals surface area contributed by atoms with E-state index in [-0.39, 0.29) is 18.4 Å². The number of alkyl halides is 3. The Kier molecular flexibility index (Phi) is 5.63. The molecule has 1 saturated heterocycles. The van der Waals surface area contributed by atoms with Gasteiger partial charge in [-0.05, 0) is 67.0 Å². The molecular formula is C23H24F3NO2. The number of Topliss-reactive ketones (excluding diaryl/α,β-unsaturated/α-hetero) is 1. The van der Waals surface area contributed by atoms with Gasteiger partial charge in [-0.2, -0.15) is 13.2 Å². The lowest BCUT2D eigenvalue weighted by Crippen LogP contribution is -2.41. The fourth-order valence-corrected chi connectivity index (χ4v) is 4.39. The molecule has 2 aliphatic rings. The number of nitrogens with one attached hydrogen (secondary N) is 1. The average molecular weight is 403 g/mol. The maximum Gasteiger partial charge on any atom is 0.416 e. The molecule has 2 aromatic rings. The van der Waals surface area contributed by atoms with E-state index in [4.69, 9.17) is 4.74 Å². The lowest BCUT2D eigenvalue weighted by atomic mass is 9.93. The number of halogens is 3. The number of carbonyl (C=O) groups excluding carboxylic acids is 1. The van der Waals surface area contributed by atoms with E-state index >= 15 is 0 Å². The predicted molar refractivity (Wildman–Crippen MR) is 104 cm³/mol. The molecule has 0 aromatic heterocycles. The van der Waals surface area contributed by atoms with Crippen LogP contribution in [0.3, 0.4) is 0 Å². The number of hydrogen-bond donors (Lipinski definition) is 1. The molecule has 1 N–H and O–H groups in total. The number of ether oxygens (including phenoxy) is 1. The highest BCUT2D eigenvalue weighted by atomic mass is 19.4. The van der Waals surface area contributed by atoms with Crippen molar-refractivity contribution < 1.29 is 22.7 Å². The summed E-state index contributed by atoms with van der Waals surface area (Å²) in [6, 6.07) is 13.1. The van der Waals surface area contributed by atoms with Crippen molar-refractivity contribution in [2.75, 3.05) is 0 Å². The molecule has 1 saturated carbocycles. The summed E-state index contributed by atoms with van der Waals surface area (Å²) in [5.74, 6) is 1.44. The summed E-state index contributed by atoms with van der Waals surface area (Å²) in [7, 11) is 0. The van der Waals surface area contributed by atoms with Gasteiger partial charge in [0.15, 0.2) is 0 Å². The Morgan fingerprint density at radius 2 is 1.86 bits per heavy atom. The maximum absolute atomic E-state index is 12.6. The van der Waals surface area contributed by atoms with Gasteiger partial charge in [-0.15, -0.1) is 0 Å². The molecule has 3 atom stereocenters. The van der Waals surface area contributed by atoms with Crippen LogP contribution in [-0.4, -0.2) is 17.9 Å². The Bertz CT molecular complexity index is 863. The number of carbonyl (C=O) groups is 1. The minimum atomic E-state index is -4.33. The van der Waals surface area contributed by atoms with Gasteiger partial charge in [-0.25, -0.2) is 0 Å². The van der Waals surface area contributed by atoms with E-state index in [0.717, 1.165) is 30.5 Å². The standard InChI is InChI=1S/C23H24F3NO2/c24-23(25,26)18-8-4-16(5-9-18)14-29-20-3-1-2-15(12-20)6-11-21(28)22-17-7-10-19(13-17)27-22/h1-5,8-9,12,17,19,22,27H,6-7,10-11,13-14H2/t17-,19+,22-/m0/s1. The largest absolute Gasteiger partial charge is 0.489 e. The van der Waals surface area contributed by atoms with Gasteiger partial charge >= 0.3 is 6.18 Å². The first-order valence-electron chi connectivity index (χ1n) is 10.0. The number of hydrogen-bond acceptors (Lipinski definition) is 3. The second-order valence-corrected chi connectivity index (χ2v) is 8.01. The van der Waals surface area contributed by atoms with Crippen LogP contribution < -0.4 is 10.1 Å². The third-order valence-corrected chi connectivity index (χ3v) is 5.95. The molecule has 1 heterocycles. The quantitative estimate of drug-likeness (QED) is 0.713. The number of rotatable bonds is 7. The van der Waals surface area contributed by atoms with Gasteiger partial charge in [0.05, 0.1) is 11.6 Å². The zero-order valence-corrected chi connectivity index (χ0v) is 16.0. The van der Waals surface area contributed by atoms with E-state index in [1.165, 1.54) is 18.6 Å². The van der Waals surface area contributed by atoms with Crippen LogP contribution in [0.15, 0.2) is 48.5 Å². The molecule has 2 aromatic carbocycles. The molecule has 1 aliphatic heterocycles. The van der Waals surface area contributed by atoms with E-state index in [9.17, 15) is 18.0 Å². The summed E-state index contributed by atoms with van der Waals surface area (Å²) in [5.41, 5.74) is 1.02. The number of aryl methyl sites for hydroxylation is 1. The molecule has 154 valence electrons. The Morgan fingerprint density at radius 3 is 2.52 bits per heavy atom. The van der Waals surface area contributed by atoms with Crippen molar-refractivity contribution in [3.8, 4) is 5.75 Å². The van der Waals surface area contributed by atoms with Crippen LogP contribution in [0, 0.1) is 5.92 Å². The first-order valence-corrected chi connectivity index (χ1v) is 10.0. The molecular weight excluding hydrogens is 379 g/mol. The van der Waals surface area contributed by atoms with E-state index < -0.39 is 11.7 Å². The highest BCUT2D eigenvalue weighted by Crippen LogP contribution is 2.36. The van der Waals surface area contributed by atoms with Crippen molar-refractivity contribution in [1.82, 2.24) is 5.32 Å². The second kappa shape index (κ2) is 8.19. The summed E-state index contributed by atoms with van der Waals surface area (Å²) in [5, 5.41) is 3.44. The SMILES string of the molecule is O=C(CCc1cccc(OCc2ccc(C(F)(F)F)cc2)c1)[C@H]1N[C@@H]2CC[C@H]1C2. The third kappa shape index (κ3) is 4.81. The van der Waals surface area contributed by atoms with Gasteiger partial charge < -0.3 is 10.1 Å². The van der Waals surface area contributed by atoms with E-state index in [1.807, 2.05) is 24.3 Å². The van der Waals surface area contributed by atoms with Crippen LogP contribution in [0.1, 0.15) is 42.4 Å². The normalized spacial score (nSPS) is 23.3. The van der Waals surface area contributed by atoms with Gasteiger partial charge in [0, 0.05) is 12.5 Å². The molecule has 0 unspecified atom stereocenters. The van der Waals surface area contributed by atoms with Crippen LogP contribution in [0.2, 0.25) is 0 Å². The molecule has 4 rings (SSSR count). The van der Waals surface area contributed by atoms with Crippen molar-refractivity contribution in [1.29, 1.82) is 0 Å². The fourth-order valence-electron chi connectivity index (χ4n) is 4.39. The van der Waals surface area contributed by atoms with Crippen LogP contribution in [0.4, 0.5) is 13.2 Å². The smallest absolute Gasteiger partial charge is 0.416 e. The van der Waals surface area contributed by atoms with Crippen molar-refractivity contribution in [3.05, 3.63) is 65.2 Å². The number of benzene rings is 2. The van der Waals surface area contributed by atoms with Crippen LogP contribution in [-0.2, 0) is 24.0 Å². The molecule has 2 fully saturated rings. The van der Waals surface area contributed by atoms with E-state index in [1.54, 1.807) is 0 Å². The number of ketones is 1. The lowest BCUT2D eigenvalue weighted by Gasteiger charge is -2.21. The first kappa shape index (κ1) is 20.0. The predicted octanol–water partition coefficient (Wildman–Crippen LogP) is 4.93. The Morgan fingerprint density at radius 1 is 1.07 bits per heavy atom. The van der Waals surface area contributed by atoms with Crippen molar-refractivity contribution in [2.24, 2.45) is 5.92 Å². The topological polar surface area (TPSA) is 38.3 Å². The molecule has 0 radical (unpaired) electrons. The zero-order chi connectivity index (χ0) is 20.4.